The Morgan fingerprint density at radius 1 is 1.21 bits per heavy atom. The molecule has 0 aliphatic carbocycles. The van der Waals surface area contributed by atoms with Gasteiger partial charge in [0.05, 0.1) is 10.9 Å². The molecule has 9 heteroatoms. The summed E-state index contributed by atoms with van der Waals surface area (Å²) < 4.78 is 26.8. The van der Waals surface area contributed by atoms with Crippen LogP contribution in [-0.2, 0) is 16.3 Å². The second kappa shape index (κ2) is 7.64. The highest BCUT2D eigenvalue weighted by Gasteiger charge is 2.43. The molecule has 2 heterocycles. The summed E-state index contributed by atoms with van der Waals surface area (Å²) in [5, 5.41) is 7.99. The van der Waals surface area contributed by atoms with Crippen LogP contribution in [0.2, 0.25) is 0 Å². The Hall–Kier alpha value is -2.65. The van der Waals surface area contributed by atoms with Gasteiger partial charge in [-0.1, -0.05) is 30.3 Å². The molecule has 152 valence electrons. The third-order valence-corrected chi connectivity index (χ3v) is 7.54. The average molecular weight is 431 g/mol. The Labute approximate surface area is 175 Å². The minimum atomic E-state index is -3.80. The van der Waals surface area contributed by atoms with E-state index in [1.807, 2.05) is 42.2 Å². The molecular weight excluding hydrogens is 408 g/mol. The van der Waals surface area contributed by atoms with Gasteiger partial charge in [0.2, 0.25) is 9.84 Å². The molecule has 0 saturated carbocycles. The summed E-state index contributed by atoms with van der Waals surface area (Å²) in [5.41, 5.74) is 2.59. The molecule has 0 radical (unpaired) electrons. The number of nitrogens with one attached hydrogen (secondary N) is 3. The van der Waals surface area contributed by atoms with Crippen LogP contribution in [0.15, 0.2) is 53.4 Å². The molecule has 3 N–H and O–H groups in total. The van der Waals surface area contributed by atoms with Gasteiger partial charge in [-0.3, -0.25) is 0 Å². The van der Waals surface area contributed by atoms with Crippen LogP contribution in [0.4, 0.5) is 10.5 Å². The third kappa shape index (κ3) is 3.56. The number of anilines is 1. The van der Waals surface area contributed by atoms with Crippen molar-refractivity contribution in [1.29, 1.82) is 0 Å². The topological polar surface area (TPSA) is 90.5 Å². The first-order valence-corrected chi connectivity index (χ1v) is 11.4. The first-order valence-electron chi connectivity index (χ1n) is 9.46. The van der Waals surface area contributed by atoms with Gasteiger partial charge in [-0.25, -0.2) is 13.2 Å². The van der Waals surface area contributed by atoms with E-state index in [2.05, 4.69) is 16.0 Å². The molecule has 1 saturated heterocycles. The van der Waals surface area contributed by atoms with E-state index >= 15 is 0 Å². The summed E-state index contributed by atoms with van der Waals surface area (Å²) in [5.74, 6) is 0. The second-order valence-corrected chi connectivity index (χ2v) is 9.46. The second-order valence-electron chi connectivity index (χ2n) is 7.00. The van der Waals surface area contributed by atoms with E-state index in [-0.39, 0.29) is 4.90 Å². The third-order valence-electron chi connectivity index (χ3n) is 5.20. The van der Waals surface area contributed by atoms with Crippen LogP contribution in [0.3, 0.4) is 0 Å². The summed E-state index contributed by atoms with van der Waals surface area (Å²) in [7, 11) is -3.80. The van der Waals surface area contributed by atoms with Crippen molar-refractivity contribution in [1.82, 2.24) is 16.0 Å². The van der Waals surface area contributed by atoms with Crippen molar-refractivity contribution in [2.75, 3.05) is 18.0 Å². The smallest absolute Gasteiger partial charge is 0.316 e. The number of nitrogens with zero attached hydrogens (tertiary/aromatic N) is 1. The summed E-state index contributed by atoms with van der Waals surface area (Å²) >= 11 is 5.41. The fourth-order valence-electron chi connectivity index (χ4n) is 3.81. The number of benzene rings is 2. The molecule has 0 aromatic heterocycles. The first kappa shape index (κ1) is 19.7. The maximum absolute atomic E-state index is 13.4. The number of urea groups is 1. The standard InChI is InChI=1S/C20H22N4O3S2/c1-2-21-20(28)24-11-10-14-12-15(8-9-16(14)24)29(26,27)18-17(22-19(25)23-18)13-6-4-3-5-7-13/h3-9,12,17-18H,2,10-11H2,1H3,(H,21,28)(H2,22,23,25). The van der Waals surface area contributed by atoms with Crippen LogP contribution < -0.4 is 20.9 Å². The summed E-state index contributed by atoms with van der Waals surface area (Å²) in [6.45, 7) is 3.41. The van der Waals surface area contributed by atoms with E-state index in [1.165, 1.54) is 0 Å². The zero-order valence-electron chi connectivity index (χ0n) is 15.9. The minimum absolute atomic E-state index is 0.197. The Kier molecular flexibility index (Phi) is 5.18. The van der Waals surface area contributed by atoms with E-state index < -0.39 is 27.3 Å². The quantitative estimate of drug-likeness (QED) is 0.644. The van der Waals surface area contributed by atoms with Gasteiger partial charge in [-0.05, 0) is 54.9 Å². The molecule has 1 fully saturated rings. The SMILES string of the molecule is CCNC(=S)N1CCc2cc(S(=O)(=O)C3NC(=O)NC3c3ccccc3)ccc21. The van der Waals surface area contributed by atoms with Gasteiger partial charge in [0.15, 0.2) is 10.5 Å². The van der Waals surface area contributed by atoms with Crippen LogP contribution in [0.25, 0.3) is 0 Å². The number of sulfone groups is 1. The summed E-state index contributed by atoms with van der Waals surface area (Å²) in [4.78, 5) is 14.1. The van der Waals surface area contributed by atoms with Crippen molar-refractivity contribution in [2.45, 2.75) is 29.7 Å². The highest BCUT2D eigenvalue weighted by atomic mass is 32.2. The summed E-state index contributed by atoms with van der Waals surface area (Å²) in [6, 6.07) is 13.0. The normalized spacial score (nSPS) is 20.7. The lowest BCUT2D eigenvalue weighted by molar-refractivity contribution is 0.247. The Bertz CT molecular complexity index is 1060. The predicted molar refractivity (Wildman–Crippen MR) is 116 cm³/mol. The van der Waals surface area contributed by atoms with Crippen molar-refractivity contribution < 1.29 is 13.2 Å². The van der Waals surface area contributed by atoms with Gasteiger partial charge in [-0.2, -0.15) is 0 Å². The van der Waals surface area contributed by atoms with E-state index in [1.54, 1.807) is 18.2 Å². The number of hydrogen-bond donors (Lipinski definition) is 3. The molecule has 4 rings (SSSR count). The molecule has 2 unspecified atom stereocenters. The predicted octanol–water partition coefficient (Wildman–Crippen LogP) is 2.10. The number of hydrogen-bond acceptors (Lipinski definition) is 4. The lowest BCUT2D eigenvalue weighted by Gasteiger charge is -2.22. The molecule has 29 heavy (non-hydrogen) atoms. The molecule has 2 aromatic carbocycles. The van der Waals surface area contributed by atoms with E-state index in [0.717, 1.165) is 23.4 Å². The van der Waals surface area contributed by atoms with E-state index in [4.69, 9.17) is 12.2 Å². The maximum Gasteiger partial charge on any atom is 0.316 e. The molecule has 0 bridgehead atoms. The van der Waals surface area contributed by atoms with Gasteiger partial charge in [0.25, 0.3) is 0 Å². The number of thiocarbonyl (C=S) groups is 1. The van der Waals surface area contributed by atoms with E-state index in [0.29, 0.717) is 18.1 Å². The molecule has 2 atom stereocenters. The number of rotatable bonds is 4. The average Bonchev–Trinajstić information content (AvgIpc) is 3.32. The molecule has 2 aliphatic heterocycles. The van der Waals surface area contributed by atoms with Crippen LogP contribution in [0.1, 0.15) is 24.1 Å². The lowest BCUT2D eigenvalue weighted by atomic mass is 10.1. The number of carbonyl (C=O) groups is 1. The van der Waals surface area contributed by atoms with Crippen molar-refractivity contribution in [2.24, 2.45) is 0 Å². The van der Waals surface area contributed by atoms with Crippen molar-refractivity contribution in [3.63, 3.8) is 0 Å². The Morgan fingerprint density at radius 3 is 2.69 bits per heavy atom. The number of amides is 2. The van der Waals surface area contributed by atoms with Crippen LogP contribution >= 0.6 is 12.2 Å². The van der Waals surface area contributed by atoms with Crippen molar-refractivity contribution >= 4 is 38.9 Å². The molecule has 0 spiro atoms. The minimum Gasteiger partial charge on any atom is -0.363 e. The Balaban J connectivity index is 1.66. The fourth-order valence-corrected chi connectivity index (χ4v) is 5.84. The van der Waals surface area contributed by atoms with Crippen LogP contribution in [0, 0.1) is 0 Å². The molecule has 2 aromatic rings. The molecular formula is C20H22N4O3S2. The zero-order valence-corrected chi connectivity index (χ0v) is 17.5. The molecule has 7 nitrogen and oxygen atoms in total. The zero-order chi connectivity index (χ0) is 20.6. The van der Waals surface area contributed by atoms with Crippen LogP contribution in [-0.4, -0.2) is 38.0 Å². The molecule has 2 amide bonds. The number of carbonyl (C=O) groups excluding carboxylic acids is 1. The van der Waals surface area contributed by atoms with Gasteiger partial charge in [0, 0.05) is 18.8 Å². The van der Waals surface area contributed by atoms with Gasteiger partial charge in [-0.15, -0.1) is 0 Å². The summed E-state index contributed by atoms with van der Waals surface area (Å²) in [6.07, 6.45) is 0.710. The van der Waals surface area contributed by atoms with Gasteiger partial charge in [0.1, 0.15) is 0 Å². The fraction of sp³-hybridized carbons (Fsp3) is 0.300. The van der Waals surface area contributed by atoms with Gasteiger partial charge >= 0.3 is 6.03 Å². The monoisotopic (exact) mass is 430 g/mol. The molecule has 2 aliphatic rings. The van der Waals surface area contributed by atoms with Crippen LogP contribution in [0.5, 0.6) is 0 Å². The maximum atomic E-state index is 13.4. The number of fused-ring (bicyclic) bond motifs is 1. The van der Waals surface area contributed by atoms with Crippen molar-refractivity contribution in [3.05, 3.63) is 59.7 Å². The van der Waals surface area contributed by atoms with Crippen molar-refractivity contribution in [3.8, 4) is 0 Å². The largest absolute Gasteiger partial charge is 0.363 e. The lowest BCUT2D eigenvalue weighted by Crippen LogP contribution is -2.38. The highest BCUT2D eigenvalue weighted by Crippen LogP contribution is 2.34. The highest BCUT2D eigenvalue weighted by molar-refractivity contribution is 7.92. The van der Waals surface area contributed by atoms with Gasteiger partial charge < -0.3 is 20.9 Å². The Morgan fingerprint density at radius 2 is 1.97 bits per heavy atom. The van der Waals surface area contributed by atoms with E-state index in [9.17, 15) is 13.2 Å². The first-order chi connectivity index (χ1) is 13.9.